The number of aromatic nitrogens is 1. The van der Waals surface area contributed by atoms with Crippen LogP contribution in [0.15, 0.2) is 12.3 Å². The Morgan fingerprint density at radius 1 is 1.06 bits per heavy atom. The Morgan fingerprint density at radius 2 is 1.65 bits per heavy atom. The van der Waals surface area contributed by atoms with Crippen molar-refractivity contribution >= 4 is 0 Å². The van der Waals surface area contributed by atoms with Gasteiger partial charge >= 0.3 is 12.4 Å². The summed E-state index contributed by atoms with van der Waals surface area (Å²) < 4.78 is 74.4. The van der Waals surface area contributed by atoms with E-state index >= 15 is 0 Å². The van der Waals surface area contributed by atoms with Gasteiger partial charge in [0.15, 0.2) is 0 Å². The molecule has 0 aliphatic carbocycles. The molecule has 0 atom stereocenters. The van der Waals surface area contributed by atoms with E-state index in [9.17, 15) is 26.3 Å². The summed E-state index contributed by atoms with van der Waals surface area (Å²) in [6, 6.07) is 0.0605. The van der Waals surface area contributed by atoms with Gasteiger partial charge in [0.1, 0.15) is 5.69 Å². The van der Waals surface area contributed by atoms with Crippen molar-refractivity contribution in [2.24, 2.45) is 0 Å². The third-order valence-electron chi connectivity index (χ3n) is 2.10. The average Bonchev–Trinajstić information content (AvgIpc) is 2.15. The molecule has 17 heavy (non-hydrogen) atoms. The van der Waals surface area contributed by atoms with E-state index < -0.39 is 23.6 Å². The van der Waals surface area contributed by atoms with Crippen molar-refractivity contribution in [3.8, 4) is 0 Å². The number of hydrogen-bond acceptors (Lipinski definition) is 1. The second-order valence-electron chi connectivity index (χ2n) is 3.47. The molecule has 0 amide bonds. The first-order valence-electron chi connectivity index (χ1n) is 4.79. The number of rotatable bonds is 2. The van der Waals surface area contributed by atoms with E-state index in [4.69, 9.17) is 0 Å². The molecule has 1 rings (SSSR count). The molecule has 1 heterocycles. The molecule has 0 spiro atoms. The molecule has 1 aromatic heterocycles. The molecule has 0 aliphatic heterocycles. The Hall–Kier alpha value is -1.27. The quantitative estimate of drug-likeness (QED) is 0.728. The fraction of sp³-hybridized carbons (Fsp3) is 0.500. The van der Waals surface area contributed by atoms with E-state index in [1.807, 2.05) is 0 Å². The van der Waals surface area contributed by atoms with E-state index in [1.165, 1.54) is 0 Å². The largest absolute Gasteiger partial charge is 0.433 e. The van der Waals surface area contributed by atoms with Crippen molar-refractivity contribution in [2.45, 2.75) is 32.1 Å². The summed E-state index contributed by atoms with van der Waals surface area (Å²) in [6.07, 6.45) is -8.58. The predicted octanol–water partition coefficient (Wildman–Crippen LogP) is 4.07. The lowest BCUT2D eigenvalue weighted by molar-refractivity contribution is -0.145. The number of aryl methyl sites for hydroxylation is 1. The Bertz CT molecular complexity index is 393. The van der Waals surface area contributed by atoms with Crippen LogP contribution in [0.4, 0.5) is 26.3 Å². The van der Waals surface area contributed by atoms with Gasteiger partial charge in [0, 0.05) is 6.20 Å². The lowest BCUT2D eigenvalue weighted by Crippen LogP contribution is -2.15. The summed E-state index contributed by atoms with van der Waals surface area (Å²) in [4.78, 5) is 3.02. The zero-order valence-corrected chi connectivity index (χ0v) is 8.78. The van der Waals surface area contributed by atoms with Crippen LogP contribution >= 0.6 is 0 Å². The zero-order chi connectivity index (χ0) is 13.3. The highest BCUT2D eigenvalue weighted by Crippen LogP contribution is 2.36. The van der Waals surface area contributed by atoms with E-state index in [-0.39, 0.29) is 18.1 Å². The van der Waals surface area contributed by atoms with Crippen LogP contribution in [0.3, 0.4) is 0 Å². The van der Waals surface area contributed by atoms with E-state index in [0.29, 0.717) is 12.6 Å². The van der Waals surface area contributed by atoms with Gasteiger partial charge in [-0.25, -0.2) is 0 Å². The fourth-order valence-electron chi connectivity index (χ4n) is 1.37. The summed E-state index contributed by atoms with van der Waals surface area (Å²) in [7, 11) is 0. The second-order valence-corrected chi connectivity index (χ2v) is 3.47. The average molecular weight is 257 g/mol. The summed E-state index contributed by atoms with van der Waals surface area (Å²) >= 11 is 0. The van der Waals surface area contributed by atoms with Gasteiger partial charge in [-0.15, -0.1) is 0 Å². The molecule has 0 fully saturated rings. The maximum absolute atomic E-state index is 12.5. The first-order valence-corrected chi connectivity index (χ1v) is 4.79. The molecule has 1 aromatic rings. The van der Waals surface area contributed by atoms with Gasteiger partial charge in [0.25, 0.3) is 0 Å². The summed E-state index contributed by atoms with van der Waals surface area (Å²) in [5.41, 5.74) is -3.00. The molecule has 0 saturated heterocycles. The molecule has 0 radical (unpaired) electrons. The molecule has 1 nitrogen and oxygen atoms in total. The highest BCUT2D eigenvalue weighted by atomic mass is 19.4. The van der Waals surface area contributed by atoms with Crippen LogP contribution in [0.1, 0.15) is 30.2 Å². The molecular weight excluding hydrogens is 248 g/mol. The number of halogens is 6. The van der Waals surface area contributed by atoms with Gasteiger partial charge in [-0.05, 0) is 18.1 Å². The van der Waals surface area contributed by atoms with E-state index in [1.54, 1.807) is 6.92 Å². The van der Waals surface area contributed by atoms with Gasteiger partial charge in [-0.3, -0.25) is 4.98 Å². The van der Waals surface area contributed by atoms with Crippen molar-refractivity contribution in [2.75, 3.05) is 0 Å². The lowest BCUT2D eigenvalue weighted by atomic mass is 10.0. The lowest BCUT2D eigenvalue weighted by Gasteiger charge is -2.14. The smallest absolute Gasteiger partial charge is 0.251 e. The third-order valence-corrected chi connectivity index (χ3v) is 2.10. The second kappa shape index (κ2) is 4.54. The van der Waals surface area contributed by atoms with Gasteiger partial charge in [-0.2, -0.15) is 26.3 Å². The summed E-state index contributed by atoms with van der Waals surface area (Å²) in [6.45, 7) is 1.64. The molecule has 0 aromatic carbocycles. The van der Waals surface area contributed by atoms with E-state index in [2.05, 4.69) is 4.98 Å². The first-order chi connectivity index (χ1) is 7.66. The Morgan fingerprint density at radius 3 is 2.06 bits per heavy atom. The normalized spacial score (nSPS) is 12.9. The molecule has 96 valence electrons. The number of alkyl halides is 6. The topological polar surface area (TPSA) is 12.9 Å². The summed E-state index contributed by atoms with van der Waals surface area (Å²) in [5.74, 6) is 0. The predicted molar refractivity (Wildman–Crippen MR) is 48.2 cm³/mol. The van der Waals surface area contributed by atoms with Crippen LogP contribution in [-0.4, -0.2) is 4.98 Å². The monoisotopic (exact) mass is 257 g/mol. The third kappa shape index (κ3) is 3.34. The summed E-state index contributed by atoms with van der Waals surface area (Å²) in [5, 5.41) is 0. The van der Waals surface area contributed by atoms with Crippen LogP contribution in [-0.2, 0) is 18.8 Å². The van der Waals surface area contributed by atoms with E-state index in [0.717, 1.165) is 0 Å². The molecular formula is C10H9F6N. The van der Waals surface area contributed by atoms with Crippen LogP contribution in [0, 0.1) is 0 Å². The van der Waals surface area contributed by atoms with Crippen molar-refractivity contribution < 1.29 is 26.3 Å². The van der Waals surface area contributed by atoms with Crippen LogP contribution in [0.25, 0.3) is 0 Å². The molecule has 7 heteroatoms. The maximum Gasteiger partial charge on any atom is 0.433 e. The van der Waals surface area contributed by atoms with Gasteiger partial charge in [0.05, 0.1) is 5.56 Å². The standard InChI is InChI=1S/C10H9F6N/c1-2-3-6-5-17-8(10(14,15)16)4-7(6)9(11,12)13/h4-5H,2-3H2,1H3. The Kier molecular flexibility index (Phi) is 3.68. The minimum absolute atomic E-state index is 0.0416. The number of hydrogen-bond donors (Lipinski definition) is 0. The van der Waals surface area contributed by atoms with Crippen molar-refractivity contribution in [1.29, 1.82) is 0 Å². The minimum atomic E-state index is -4.87. The van der Waals surface area contributed by atoms with Crippen LogP contribution in [0.2, 0.25) is 0 Å². The number of nitrogens with zero attached hydrogens (tertiary/aromatic N) is 1. The van der Waals surface area contributed by atoms with Gasteiger partial charge < -0.3 is 0 Å². The van der Waals surface area contributed by atoms with Gasteiger partial charge in [-0.1, -0.05) is 13.3 Å². The molecule has 0 unspecified atom stereocenters. The fourth-order valence-corrected chi connectivity index (χ4v) is 1.37. The highest BCUT2D eigenvalue weighted by molar-refractivity contribution is 5.30. The first kappa shape index (κ1) is 13.8. The molecule has 0 aliphatic rings. The van der Waals surface area contributed by atoms with Crippen molar-refractivity contribution in [1.82, 2.24) is 4.98 Å². The zero-order valence-electron chi connectivity index (χ0n) is 8.78. The van der Waals surface area contributed by atoms with Crippen molar-refractivity contribution in [3.63, 3.8) is 0 Å². The highest BCUT2D eigenvalue weighted by Gasteiger charge is 2.38. The Balaban J connectivity index is 3.30. The SMILES string of the molecule is CCCc1cnc(C(F)(F)F)cc1C(F)(F)F. The van der Waals surface area contributed by atoms with Crippen LogP contribution < -0.4 is 0 Å². The minimum Gasteiger partial charge on any atom is -0.251 e. The maximum atomic E-state index is 12.5. The van der Waals surface area contributed by atoms with Crippen LogP contribution in [0.5, 0.6) is 0 Å². The Labute approximate surface area is 93.5 Å². The molecule has 0 N–H and O–H groups in total. The van der Waals surface area contributed by atoms with Crippen molar-refractivity contribution in [3.05, 3.63) is 29.1 Å². The number of pyridine rings is 1. The molecule has 0 bridgehead atoms. The molecule has 0 saturated carbocycles. The van der Waals surface area contributed by atoms with Gasteiger partial charge in [0.2, 0.25) is 0 Å².